The van der Waals surface area contributed by atoms with Crippen molar-refractivity contribution in [2.45, 2.75) is 31.7 Å². The van der Waals surface area contributed by atoms with Crippen LogP contribution < -0.4 is 10.6 Å². The molecule has 170 valence electrons. The summed E-state index contributed by atoms with van der Waals surface area (Å²) in [5.74, 6) is 0.414. The molecule has 2 N–H and O–H groups in total. The zero-order valence-electron chi connectivity index (χ0n) is 18.6. The van der Waals surface area contributed by atoms with E-state index in [4.69, 9.17) is 9.97 Å². The fourth-order valence-electron chi connectivity index (χ4n) is 4.07. The summed E-state index contributed by atoms with van der Waals surface area (Å²) in [5, 5.41) is 19.3. The number of aryl methyl sites for hydroxylation is 1. The molecule has 0 aromatic carbocycles. The van der Waals surface area contributed by atoms with E-state index in [1.807, 2.05) is 42.9 Å². The topological polar surface area (TPSA) is 95.1 Å². The Labute approximate surface area is 189 Å². The van der Waals surface area contributed by atoms with Gasteiger partial charge in [0, 0.05) is 51.5 Å². The van der Waals surface area contributed by atoms with Gasteiger partial charge in [0.05, 0.1) is 11.4 Å². The molecule has 1 aliphatic rings. The molecule has 0 bridgehead atoms. The molecule has 1 saturated heterocycles. The quantitative estimate of drug-likeness (QED) is 0.413. The second kappa shape index (κ2) is 9.83. The van der Waals surface area contributed by atoms with Crippen LogP contribution in [0.1, 0.15) is 18.5 Å². The van der Waals surface area contributed by atoms with Crippen molar-refractivity contribution < 1.29 is 4.39 Å². The van der Waals surface area contributed by atoms with E-state index in [2.05, 4.69) is 40.1 Å². The fourth-order valence-corrected chi connectivity index (χ4v) is 4.37. The van der Waals surface area contributed by atoms with Gasteiger partial charge < -0.3 is 10.6 Å². The highest BCUT2D eigenvalue weighted by atomic mass is 31.0. The number of azo groups is 1. The van der Waals surface area contributed by atoms with E-state index in [9.17, 15) is 4.39 Å². The summed E-state index contributed by atoms with van der Waals surface area (Å²) in [6.45, 7) is 4.10. The van der Waals surface area contributed by atoms with Gasteiger partial charge in [-0.1, -0.05) is 9.24 Å². The molecule has 3 aromatic heterocycles. The van der Waals surface area contributed by atoms with E-state index in [0.717, 1.165) is 59.9 Å². The van der Waals surface area contributed by atoms with Gasteiger partial charge in [0.15, 0.2) is 5.82 Å². The second-order valence-corrected chi connectivity index (χ2v) is 8.62. The van der Waals surface area contributed by atoms with Gasteiger partial charge in [-0.3, -0.25) is 9.88 Å². The Balaban J connectivity index is 1.57. The Bertz CT molecular complexity index is 1110. The molecule has 2 unspecified atom stereocenters. The number of rotatable bonds is 7. The lowest BCUT2D eigenvalue weighted by Crippen LogP contribution is -2.41. The average Bonchev–Trinajstić information content (AvgIpc) is 3.20. The summed E-state index contributed by atoms with van der Waals surface area (Å²) in [6, 6.07) is 6.10. The minimum Gasteiger partial charge on any atom is -0.371 e. The number of halogens is 1. The van der Waals surface area contributed by atoms with Crippen LogP contribution in [0.2, 0.25) is 0 Å². The van der Waals surface area contributed by atoms with E-state index in [-0.39, 0.29) is 6.04 Å². The van der Waals surface area contributed by atoms with Gasteiger partial charge in [-0.15, -0.1) is 5.10 Å². The highest BCUT2D eigenvalue weighted by molar-refractivity contribution is 7.17. The first-order chi connectivity index (χ1) is 15.5. The minimum absolute atomic E-state index is 0.260. The molecular formula is C21H29FN9P. The van der Waals surface area contributed by atoms with Crippen molar-refractivity contribution in [1.82, 2.24) is 24.5 Å². The lowest BCUT2D eigenvalue weighted by atomic mass is 10.1. The first-order valence-electron chi connectivity index (χ1n) is 10.7. The second-order valence-electron chi connectivity index (χ2n) is 7.89. The van der Waals surface area contributed by atoms with E-state index in [0.29, 0.717) is 12.5 Å². The van der Waals surface area contributed by atoms with Gasteiger partial charge in [-0.25, -0.2) is 8.91 Å². The third kappa shape index (κ3) is 4.86. The lowest BCUT2D eigenvalue weighted by Gasteiger charge is -2.32. The molecule has 0 saturated carbocycles. The smallest absolute Gasteiger partial charge is 0.243 e. The monoisotopic (exact) mass is 457 g/mol. The zero-order chi connectivity index (χ0) is 22.7. The number of nitrogens with zero attached hydrogens (tertiary/aromatic N) is 7. The van der Waals surface area contributed by atoms with Crippen molar-refractivity contribution in [3.05, 3.63) is 30.1 Å². The molecule has 1 fully saturated rings. The highest BCUT2D eigenvalue weighted by Gasteiger charge is 2.22. The molecule has 32 heavy (non-hydrogen) atoms. The Morgan fingerprint density at radius 3 is 2.69 bits per heavy atom. The Kier molecular flexibility index (Phi) is 6.91. The highest BCUT2D eigenvalue weighted by Crippen LogP contribution is 2.31. The summed E-state index contributed by atoms with van der Waals surface area (Å²) in [6.07, 6.45) is 3.77. The third-order valence-electron chi connectivity index (χ3n) is 5.64. The van der Waals surface area contributed by atoms with Crippen LogP contribution in [0.3, 0.4) is 0 Å². The molecular weight excluding hydrogens is 428 g/mol. The number of fused-ring (bicyclic) bond motifs is 1. The Morgan fingerprint density at radius 2 is 2.03 bits per heavy atom. The van der Waals surface area contributed by atoms with Crippen molar-refractivity contribution in [3.63, 3.8) is 0 Å². The van der Waals surface area contributed by atoms with Crippen molar-refractivity contribution in [1.29, 1.82) is 0 Å². The number of alkyl halides is 1. The zero-order valence-corrected chi connectivity index (χ0v) is 19.7. The van der Waals surface area contributed by atoms with Crippen LogP contribution in [0, 0.1) is 6.92 Å². The number of hydrogen-bond acceptors (Lipinski definition) is 8. The predicted molar refractivity (Wildman–Crippen MR) is 129 cm³/mol. The van der Waals surface area contributed by atoms with Gasteiger partial charge in [0.1, 0.15) is 17.1 Å². The van der Waals surface area contributed by atoms with Crippen molar-refractivity contribution in [2.75, 3.05) is 44.4 Å². The molecule has 11 heteroatoms. The Morgan fingerprint density at radius 1 is 1.25 bits per heavy atom. The summed E-state index contributed by atoms with van der Waals surface area (Å²) in [7, 11) is 5.71. The average molecular weight is 457 g/mol. The molecule has 4 rings (SSSR count). The van der Waals surface area contributed by atoms with E-state index in [1.165, 1.54) is 0 Å². The number of piperidine rings is 1. The van der Waals surface area contributed by atoms with Crippen LogP contribution in [0.4, 0.5) is 21.8 Å². The summed E-state index contributed by atoms with van der Waals surface area (Å²) in [4.78, 5) is 11.6. The largest absolute Gasteiger partial charge is 0.371 e. The van der Waals surface area contributed by atoms with Gasteiger partial charge in [0.25, 0.3) is 0 Å². The van der Waals surface area contributed by atoms with Gasteiger partial charge in [-0.2, -0.15) is 15.2 Å². The number of likely N-dealkylation sites (tertiary alicyclic amines) is 1. The Hall–Kier alpha value is -2.71. The summed E-state index contributed by atoms with van der Waals surface area (Å²) < 4.78 is 15.0. The minimum atomic E-state index is -0.878. The van der Waals surface area contributed by atoms with Crippen molar-refractivity contribution in [3.8, 4) is 11.3 Å². The van der Waals surface area contributed by atoms with Gasteiger partial charge in [0.2, 0.25) is 5.95 Å². The molecule has 2 atom stereocenters. The number of hydrogen-bond donors (Lipinski definition) is 2. The normalized spacial score (nSPS) is 16.7. The molecule has 0 radical (unpaired) electrons. The van der Waals surface area contributed by atoms with Gasteiger partial charge in [-0.05, 0) is 38.0 Å². The van der Waals surface area contributed by atoms with E-state index >= 15 is 0 Å². The van der Waals surface area contributed by atoms with E-state index < -0.39 is 5.91 Å². The lowest BCUT2D eigenvalue weighted by molar-refractivity contribution is 0.192. The molecule has 3 aromatic rings. The maximum Gasteiger partial charge on any atom is 0.243 e. The first-order valence-corrected chi connectivity index (χ1v) is 11.4. The van der Waals surface area contributed by atoms with E-state index in [1.54, 1.807) is 7.05 Å². The van der Waals surface area contributed by atoms with Crippen molar-refractivity contribution >= 4 is 32.2 Å². The third-order valence-corrected chi connectivity index (χ3v) is 5.85. The fraction of sp³-hybridized carbons (Fsp3) is 0.476. The van der Waals surface area contributed by atoms with Crippen LogP contribution >= 0.6 is 9.24 Å². The van der Waals surface area contributed by atoms with Crippen LogP contribution in [0.25, 0.3) is 16.8 Å². The molecule has 1 aliphatic heterocycles. The molecule has 0 amide bonds. The number of nitrogens with one attached hydrogen (secondary N) is 2. The molecule has 9 nitrogen and oxygen atoms in total. The SMILES string of the molecule is CN=Nc1ccc(-c2ccn3nc(NC4CCN(CC(F)P)CC4)nc(NC)c23)nc1C. The maximum atomic E-state index is 13.2. The van der Waals surface area contributed by atoms with Crippen LogP contribution in [0.15, 0.2) is 34.6 Å². The molecule has 0 aliphatic carbocycles. The van der Waals surface area contributed by atoms with Crippen LogP contribution in [-0.4, -0.2) is 70.2 Å². The van der Waals surface area contributed by atoms with Gasteiger partial charge >= 0.3 is 0 Å². The van der Waals surface area contributed by atoms with Crippen LogP contribution in [-0.2, 0) is 0 Å². The summed E-state index contributed by atoms with van der Waals surface area (Å²) in [5.41, 5.74) is 4.19. The number of aromatic nitrogens is 4. The summed E-state index contributed by atoms with van der Waals surface area (Å²) >= 11 is 0. The standard InChI is InChI=1S/C21H29FN9P/c1-13-16(28-24-3)4-5-17(25-13)15-8-11-31-19(15)20(23-2)27-21(29-31)26-14-6-9-30(10-7-14)12-18(22)32/h4-5,8,11,14,18H,6-7,9-10,12,32H2,1-3H3,(H2,23,26,27,29). The van der Waals surface area contributed by atoms with Crippen molar-refractivity contribution in [2.24, 2.45) is 10.2 Å². The number of anilines is 2. The predicted octanol–water partition coefficient (Wildman–Crippen LogP) is 3.90. The molecule has 0 spiro atoms. The maximum absolute atomic E-state index is 13.2. The molecule has 4 heterocycles. The van der Waals surface area contributed by atoms with Crippen LogP contribution in [0.5, 0.6) is 0 Å². The first kappa shape index (κ1) is 22.5. The number of pyridine rings is 1.